The minimum atomic E-state index is -0.761. The van der Waals surface area contributed by atoms with Crippen LogP contribution in [0, 0.1) is 11.8 Å². The van der Waals surface area contributed by atoms with E-state index in [0.717, 1.165) is 25.7 Å². The van der Waals surface area contributed by atoms with E-state index in [9.17, 15) is 14.7 Å². The van der Waals surface area contributed by atoms with E-state index in [2.05, 4.69) is 15.3 Å². The molecule has 2 heterocycles. The Morgan fingerprint density at radius 1 is 1.19 bits per heavy atom. The minimum absolute atomic E-state index is 0.0874. The molecule has 0 amide bonds. The third kappa shape index (κ3) is 5.21. The lowest BCUT2D eigenvalue weighted by Crippen LogP contribution is -2.29. The molecule has 1 N–H and O–H groups in total. The molecule has 0 aromatic carbocycles. The molecule has 2 aromatic rings. The monoisotopic (exact) mass is 428 g/mol. The smallest absolute Gasteiger partial charge is 0.311 e. The lowest BCUT2D eigenvalue weighted by Gasteiger charge is -2.27. The molecule has 9 heteroatoms. The first kappa shape index (κ1) is 21.3. The van der Waals surface area contributed by atoms with Gasteiger partial charge in [0, 0.05) is 7.05 Å². The van der Waals surface area contributed by atoms with E-state index in [-0.39, 0.29) is 24.4 Å². The van der Waals surface area contributed by atoms with Crippen molar-refractivity contribution >= 4 is 11.9 Å². The van der Waals surface area contributed by atoms with Crippen LogP contribution < -0.4 is 4.74 Å². The Morgan fingerprint density at radius 3 is 2.68 bits per heavy atom. The molecule has 0 radical (unpaired) electrons. The Kier molecular flexibility index (Phi) is 6.48. The second-order valence-electron chi connectivity index (χ2n) is 8.49. The number of aromatic nitrogens is 4. The molecule has 2 aliphatic carbocycles. The van der Waals surface area contributed by atoms with Crippen LogP contribution in [-0.4, -0.2) is 49.7 Å². The van der Waals surface area contributed by atoms with Crippen molar-refractivity contribution in [2.45, 2.75) is 57.5 Å². The molecule has 0 bridgehead atoms. The molecule has 0 saturated heterocycles. The quantitative estimate of drug-likeness (QED) is 0.638. The van der Waals surface area contributed by atoms with E-state index in [1.807, 2.05) is 0 Å². The molecule has 2 atom stereocenters. The molecular formula is C22H28N4O5. The number of aryl methyl sites for hydroxylation is 1. The van der Waals surface area contributed by atoms with E-state index in [1.165, 1.54) is 6.42 Å². The zero-order chi connectivity index (χ0) is 21.8. The highest BCUT2D eigenvalue weighted by molar-refractivity contribution is 5.75. The summed E-state index contributed by atoms with van der Waals surface area (Å²) in [7, 11) is 1.74. The predicted octanol–water partition coefficient (Wildman–Crippen LogP) is 2.79. The number of carbonyl (C=O) groups excluding carboxylic acids is 1. The summed E-state index contributed by atoms with van der Waals surface area (Å²) in [4.78, 5) is 27.9. The van der Waals surface area contributed by atoms with Gasteiger partial charge in [0.05, 0.1) is 42.6 Å². The number of nitrogens with zero attached hydrogens (tertiary/aromatic N) is 4. The SMILES string of the molecule is Cn1nnc(-c2ccc(O[C@H]3CCC[C@H](C(=O)O)C3)cn2)c1CC(=O)OCC1CCC1. The van der Waals surface area contributed by atoms with E-state index >= 15 is 0 Å². The Bertz CT molecular complexity index is 922. The predicted molar refractivity (Wildman–Crippen MR) is 110 cm³/mol. The molecule has 2 fully saturated rings. The highest BCUT2D eigenvalue weighted by atomic mass is 16.5. The van der Waals surface area contributed by atoms with Gasteiger partial charge in [-0.1, -0.05) is 11.6 Å². The van der Waals surface area contributed by atoms with Gasteiger partial charge in [-0.2, -0.15) is 0 Å². The first-order valence-electron chi connectivity index (χ1n) is 10.9. The van der Waals surface area contributed by atoms with Gasteiger partial charge in [0.25, 0.3) is 0 Å². The summed E-state index contributed by atoms with van der Waals surface area (Å²) in [6, 6.07) is 3.57. The van der Waals surface area contributed by atoms with Crippen LogP contribution in [-0.2, 0) is 27.8 Å². The number of rotatable bonds is 8. The number of carbonyl (C=O) groups is 2. The van der Waals surface area contributed by atoms with Crippen LogP contribution in [0.25, 0.3) is 11.4 Å². The number of carboxylic acid groups (broad SMARTS) is 1. The van der Waals surface area contributed by atoms with Crippen molar-refractivity contribution in [1.29, 1.82) is 0 Å². The molecule has 0 unspecified atom stereocenters. The van der Waals surface area contributed by atoms with Crippen molar-refractivity contribution in [2.75, 3.05) is 6.61 Å². The number of hydrogen-bond donors (Lipinski definition) is 1. The fourth-order valence-electron chi connectivity index (χ4n) is 4.09. The molecule has 2 aliphatic rings. The fraction of sp³-hybridized carbons (Fsp3) is 0.591. The van der Waals surface area contributed by atoms with Crippen molar-refractivity contribution in [2.24, 2.45) is 18.9 Å². The van der Waals surface area contributed by atoms with Crippen molar-refractivity contribution in [3.8, 4) is 17.1 Å². The summed E-state index contributed by atoms with van der Waals surface area (Å²) in [6.45, 7) is 0.480. The second-order valence-corrected chi connectivity index (χ2v) is 8.49. The maximum absolute atomic E-state index is 12.3. The van der Waals surface area contributed by atoms with E-state index in [1.54, 1.807) is 30.1 Å². The fourth-order valence-corrected chi connectivity index (χ4v) is 4.09. The number of aliphatic carboxylic acids is 1. The van der Waals surface area contributed by atoms with Gasteiger partial charge in [0.2, 0.25) is 0 Å². The topological polar surface area (TPSA) is 116 Å². The number of pyridine rings is 1. The van der Waals surface area contributed by atoms with Gasteiger partial charge in [0.15, 0.2) is 0 Å². The third-order valence-corrected chi connectivity index (χ3v) is 6.22. The average molecular weight is 428 g/mol. The highest BCUT2D eigenvalue weighted by Crippen LogP contribution is 2.29. The van der Waals surface area contributed by atoms with Crippen molar-refractivity contribution < 1.29 is 24.2 Å². The van der Waals surface area contributed by atoms with Gasteiger partial charge in [0.1, 0.15) is 11.4 Å². The zero-order valence-electron chi connectivity index (χ0n) is 17.7. The summed E-state index contributed by atoms with van der Waals surface area (Å²) in [5.41, 5.74) is 1.78. The third-order valence-electron chi connectivity index (χ3n) is 6.22. The van der Waals surface area contributed by atoms with Gasteiger partial charge in [-0.05, 0) is 56.6 Å². The van der Waals surface area contributed by atoms with Gasteiger partial charge in [-0.15, -0.1) is 5.10 Å². The van der Waals surface area contributed by atoms with Crippen molar-refractivity contribution in [3.05, 3.63) is 24.0 Å². The highest BCUT2D eigenvalue weighted by Gasteiger charge is 2.28. The molecule has 0 aliphatic heterocycles. The summed E-state index contributed by atoms with van der Waals surface area (Å²) < 4.78 is 12.9. The Hall–Kier alpha value is -2.97. The van der Waals surface area contributed by atoms with Crippen LogP contribution in [0.15, 0.2) is 18.3 Å². The van der Waals surface area contributed by atoms with Gasteiger partial charge >= 0.3 is 11.9 Å². The van der Waals surface area contributed by atoms with Crippen LogP contribution in [0.4, 0.5) is 0 Å². The largest absolute Gasteiger partial charge is 0.489 e. The van der Waals surface area contributed by atoms with Crippen molar-refractivity contribution in [3.63, 3.8) is 0 Å². The number of carboxylic acids is 1. The Morgan fingerprint density at radius 2 is 2.00 bits per heavy atom. The van der Waals surface area contributed by atoms with Gasteiger partial charge in [-0.3, -0.25) is 19.3 Å². The number of esters is 1. The van der Waals surface area contributed by atoms with Gasteiger partial charge in [-0.25, -0.2) is 0 Å². The lowest BCUT2D eigenvalue weighted by molar-refractivity contribution is -0.145. The maximum atomic E-state index is 12.3. The summed E-state index contributed by atoms with van der Waals surface area (Å²) >= 11 is 0. The first-order chi connectivity index (χ1) is 15.0. The van der Waals surface area contributed by atoms with Gasteiger partial charge < -0.3 is 14.6 Å². The molecule has 31 heavy (non-hydrogen) atoms. The summed E-state index contributed by atoms with van der Waals surface area (Å²) in [5.74, 6) is -0.313. The van der Waals surface area contributed by atoms with Crippen LogP contribution in [0.5, 0.6) is 5.75 Å². The van der Waals surface area contributed by atoms with E-state index < -0.39 is 5.97 Å². The lowest BCUT2D eigenvalue weighted by atomic mass is 9.86. The molecule has 2 aromatic heterocycles. The standard InChI is InChI=1S/C22H28N4O5/c1-26-19(11-20(27)30-13-14-4-2-5-14)21(24-25-26)18-9-8-17(12-23-18)31-16-7-3-6-15(10-16)22(28)29/h8-9,12,14-16H,2-7,10-11,13H2,1H3,(H,28,29)/t15-,16-/m0/s1. The Balaban J connectivity index is 1.38. The molecule has 2 saturated carbocycles. The summed E-state index contributed by atoms with van der Waals surface area (Å²) in [6.07, 6.45) is 7.92. The summed E-state index contributed by atoms with van der Waals surface area (Å²) in [5, 5.41) is 17.4. The Labute approximate surface area is 180 Å². The maximum Gasteiger partial charge on any atom is 0.311 e. The normalized spacial score (nSPS) is 21.3. The van der Waals surface area contributed by atoms with E-state index in [0.29, 0.717) is 48.2 Å². The zero-order valence-corrected chi connectivity index (χ0v) is 17.7. The molecule has 9 nitrogen and oxygen atoms in total. The van der Waals surface area contributed by atoms with Crippen LogP contribution in [0.2, 0.25) is 0 Å². The van der Waals surface area contributed by atoms with Crippen LogP contribution in [0.1, 0.15) is 50.6 Å². The van der Waals surface area contributed by atoms with Crippen molar-refractivity contribution in [1.82, 2.24) is 20.0 Å². The molecule has 0 spiro atoms. The van der Waals surface area contributed by atoms with Crippen LogP contribution >= 0.6 is 0 Å². The van der Waals surface area contributed by atoms with Crippen LogP contribution in [0.3, 0.4) is 0 Å². The van der Waals surface area contributed by atoms with E-state index in [4.69, 9.17) is 9.47 Å². The average Bonchev–Trinajstić information content (AvgIpc) is 3.08. The number of ether oxygens (including phenoxy) is 2. The number of hydrogen-bond acceptors (Lipinski definition) is 7. The molecular weight excluding hydrogens is 400 g/mol. The molecule has 4 rings (SSSR count). The first-order valence-corrected chi connectivity index (χ1v) is 10.9. The molecule has 166 valence electrons. The minimum Gasteiger partial charge on any atom is -0.489 e. The second kappa shape index (κ2) is 9.45.